The minimum absolute atomic E-state index is 0.150. The van der Waals surface area contributed by atoms with Crippen molar-refractivity contribution in [1.29, 1.82) is 0 Å². The highest BCUT2D eigenvalue weighted by Gasteiger charge is 2.13. The average molecular weight is 285 g/mol. The Kier molecular flexibility index (Phi) is 6.48. The zero-order valence-electron chi connectivity index (χ0n) is 11.6. The van der Waals surface area contributed by atoms with Crippen LogP contribution in [-0.4, -0.2) is 26.7 Å². The van der Waals surface area contributed by atoms with Crippen LogP contribution < -0.4 is 4.72 Å². The van der Waals surface area contributed by atoms with E-state index in [0.29, 0.717) is 23.8 Å². The molecule has 0 aliphatic rings. The molecule has 0 unspecified atom stereocenters. The Morgan fingerprint density at radius 3 is 2.37 bits per heavy atom. The molecule has 0 saturated carbocycles. The molecular weight excluding hydrogens is 262 g/mol. The van der Waals surface area contributed by atoms with Crippen molar-refractivity contribution in [2.75, 3.05) is 13.2 Å². The molecule has 19 heavy (non-hydrogen) atoms. The largest absolute Gasteiger partial charge is 0.396 e. The number of aryl methyl sites for hydroxylation is 1. The molecule has 1 aromatic rings. The normalized spacial score (nSPS) is 12.0. The van der Waals surface area contributed by atoms with Crippen LogP contribution in [0.1, 0.15) is 32.3 Å². The maximum atomic E-state index is 12.0. The van der Waals surface area contributed by atoms with Crippen molar-refractivity contribution >= 4 is 10.0 Å². The first-order valence-electron chi connectivity index (χ1n) is 6.65. The predicted octanol–water partition coefficient (Wildman–Crippen LogP) is 1.94. The van der Waals surface area contributed by atoms with E-state index in [1.165, 1.54) is 0 Å². The second kappa shape index (κ2) is 7.62. The minimum Gasteiger partial charge on any atom is -0.396 e. The molecular formula is C14H23NO3S. The van der Waals surface area contributed by atoms with Gasteiger partial charge in [0.1, 0.15) is 0 Å². The molecule has 108 valence electrons. The van der Waals surface area contributed by atoms with Gasteiger partial charge in [0, 0.05) is 13.2 Å². The fourth-order valence-corrected chi connectivity index (χ4v) is 2.73. The first kappa shape index (κ1) is 16.1. The van der Waals surface area contributed by atoms with E-state index in [-0.39, 0.29) is 6.61 Å². The lowest BCUT2D eigenvalue weighted by molar-refractivity contribution is 0.288. The molecule has 2 N–H and O–H groups in total. The van der Waals surface area contributed by atoms with E-state index >= 15 is 0 Å². The van der Waals surface area contributed by atoms with E-state index in [1.807, 2.05) is 0 Å². The number of rotatable bonds is 8. The van der Waals surface area contributed by atoms with Gasteiger partial charge in [0.2, 0.25) is 10.0 Å². The van der Waals surface area contributed by atoms with Crippen molar-refractivity contribution in [2.45, 2.75) is 38.0 Å². The van der Waals surface area contributed by atoms with Gasteiger partial charge in [-0.3, -0.25) is 0 Å². The summed E-state index contributed by atoms with van der Waals surface area (Å²) in [6.45, 7) is 4.73. The van der Waals surface area contributed by atoms with Gasteiger partial charge in [-0.05, 0) is 42.9 Å². The lowest BCUT2D eigenvalue weighted by Crippen LogP contribution is -2.25. The molecule has 0 bridgehead atoms. The van der Waals surface area contributed by atoms with Crippen molar-refractivity contribution in [3.05, 3.63) is 29.8 Å². The third kappa shape index (κ3) is 5.72. The topological polar surface area (TPSA) is 66.4 Å². The summed E-state index contributed by atoms with van der Waals surface area (Å²) in [5, 5.41) is 8.75. The number of nitrogens with one attached hydrogen (secondary N) is 1. The summed E-state index contributed by atoms with van der Waals surface area (Å²) in [6.07, 6.45) is 2.28. The van der Waals surface area contributed by atoms with Crippen LogP contribution in [0.3, 0.4) is 0 Å². The summed E-state index contributed by atoms with van der Waals surface area (Å²) in [5.74, 6) is 0.476. The Morgan fingerprint density at radius 1 is 1.21 bits per heavy atom. The Hall–Kier alpha value is -0.910. The zero-order chi connectivity index (χ0) is 14.3. The molecule has 0 aliphatic heterocycles. The third-order valence-electron chi connectivity index (χ3n) is 2.87. The van der Waals surface area contributed by atoms with Gasteiger partial charge >= 0.3 is 0 Å². The van der Waals surface area contributed by atoms with Gasteiger partial charge in [-0.15, -0.1) is 0 Å². The molecule has 0 aromatic heterocycles. The predicted molar refractivity (Wildman–Crippen MR) is 76.5 cm³/mol. The highest BCUT2D eigenvalue weighted by Crippen LogP contribution is 2.12. The minimum atomic E-state index is -3.39. The second-order valence-corrected chi connectivity index (χ2v) is 6.82. The molecule has 1 aromatic carbocycles. The van der Waals surface area contributed by atoms with Gasteiger partial charge in [0.25, 0.3) is 0 Å². The molecule has 0 atom stereocenters. The highest BCUT2D eigenvalue weighted by molar-refractivity contribution is 7.89. The Labute approximate surface area is 115 Å². The summed E-state index contributed by atoms with van der Waals surface area (Å²) in [7, 11) is -3.39. The van der Waals surface area contributed by atoms with Gasteiger partial charge in [0.15, 0.2) is 0 Å². The van der Waals surface area contributed by atoms with Crippen LogP contribution >= 0.6 is 0 Å². The third-order valence-corrected chi connectivity index (χ3v) is 4.35. The highest BCUT2D eigenvalue weighted by atomic mass is 32.2. The van der Waals surface area contributed by atoms with E-state index in [1.54, 1.807) is 24.3 Å². The molecule has 0 radical (unpaired) electrons. The fourth-order valence-electron chi connectivity index (χ4n) is 1.68. The van der Waals surface area contributed by atoms with E-state index in [0.717, 1.165) is 18.4 Å². The first-order valence-corrected chi connectivity index (χ1v) is 8.13. The van der Waals surface area contributed by atoms with Gasteiger partial charge in [0.05, 0.1) is 4.90 Å². The van der Waals surface area contributed by atoms with Crippen LogP contribution in [0.25, 0.3) is 0 Å². The van der Waals surface area contributed by atoms with Crippen LogP contribution in [0.5, 0.6) is 0 Å². The SMILES string of the molecule is CC(C)CCNS(=O)(=O)c1ccc(CCCO)cc1. The first-order chi connectivity index (χ1) is 8.95. The summed E-state index contributed by atoms with van der Waals surface area (Å²) >= 11 is 0. The zero-order valence-corrected chi connectivity index (χ0v) is 12.4. The summed E-state index contributed by atoms with van der Waals surface area (Å²) in [6, 6.07) is 6.83. The van der Waals surface area contributed by atoms with Gasteiger partial charge in [-0.2, -0.15) is 0 Å². The smallest absolute Gasteiger partial charge is 0.240 e. The Morgan fingerprint density at radius 2 is 1.84 bits per heavy atom. The van der Waals surface area contributed by atoms with Gasteiger partial charge in [-0.1, -0.05) is 26.0 Å². The molecule has 1 rings (SSSR count). The van der Waals surface area contributed by atoms with Gasteiger partial charge < -0.3 is 5.11 Å². The van der Waals surface area contributed by atoms with E-state index in [2.05, 4.69) is 18.6 Å². The molecule has 0 fully saturated rings. The van der Waals surface area contributed by atoms with E-state index in [4.69, 9.17) is 5.11 Å². The van der Waals surface area contributed by atoms with Gasteiger partial charge in [-0.25, -0.2) is 13.1 Å². The van der Waals surface area contributed by atoms with Crippen molar-refractivity contribution in [3.63, 3.8) is 0 Å². The monoisotopic (exact) mass is 285 g/mol. The van der Waals surface area contributed by atoms with Crippen LogP contribution in [0, 0.1) is 5.92 Å². The molecule has 5 heteroatoms. The molecule has 0 heterocycles. The quantitative estimate of drug-likeness (QED) is 0.767. The second-order valence-electron chi connectivity index (χ2n) is 5.05. The molecule has 4 nitrogen and oxygen atoms in total. The van der Waals surface area contributed by atoms with Crippen LogP contribution in [0.2, 0.25) is 0 Å². The molecule has 0 saturated heterocycles. The number of benzene rings is 1. The maximum absolute atomic E-state index is 12.0. The Balaban J connectivity index is 2.63. The summed E-state index contributed by atoms with van der Waals surface area (Å²) < 4.78 is 26.6. The molecule has 0 spiro atoms. The average Bonchev–Trinajstić information content (AvgIpc) is 2.36. The van der Waals surface area contributed by atoms with Crippen molar-refractivity contribution in [2.24, 2.45) is 5.92 Å². The van der Waals surface area contributed by atoms with Crippen LogP contribution in [-0.2, 0) is 16.4 Å². The number of aliphatic hydroxyl groups excluding tert-OH is 1. The maximum Gasteiger partial charge on any atom is 0.240 e. The van der Waals surface area contributed by atoms with Crippen molar-refractivity contribution in [1.82, 2.24) is 4.72 Å². The number of hydrogen-bond donors (Lipinski definition) is 2. The van der Waals surface area contributed by atoms with Crippen molar-refractivity contribution < 1.29 is 13.5 Å². The summed E-state index contributed by atoms with van der Waals surface area (Å²) in [4.78, 5) is 0.295. The molecule has 0 amide bonds. The number of sulfonamides is 1. The number of hydrogen-bond acceptors (Lipinski definition) is 3. The summed E-state index contributed by atoms with van der Waals surface area (Å²) in [5.41, 5.74) is 1.04. The standard InChI is InChI=1S/C14H23NO3S/c1-12(2)9-10-15-19(17,18)14-7-5-13(6-8-14)4-3-11-16/h5-8,12,15-16H,3-4,9-11H2,1-2H3. The Bertz CT molecular complexity index is 466. The number of aliphatic hydroxyl groups is 1. The van der Waals surface area contributed by atoms with Crippen LogP contribution in [0.15, 0.2) is 29.2 Å². The lowest BCUT2D eigenvalue weighted by atomic mass is 10.1. The van der Waals surface area contributed by atoms with Crippen molar-refractivity contribution in [3.8, 4) is 0 Å². The van der Waals surface area contributed by atoms with E-state index < -0.39 is 10.0 Å². The van der Waals surface area contributed by atoms with Crippen LogP contribution in [0.4, 0.5) is 0 Å². The fraction of sp³-hybridized carbons (Fsp3) is 0.571. The van der Waals surface area contributed by atoms with E-state index in [9.17, 15) is 8.42 Å². The molecule has 0 aliphatic carbocycles. The lowest BCUT2D eigenvalue weighted by Gasteiger charge is -2.09.